The van der Waals surface area contributed by atoms with Crippen LogP contribution in [-0.2, 0) is 0 Å². The van der Waals surface area contributed by atoms with Gasteiger partial charge in [0.15, 0.2) is 11.5 Å². The second-order valence-corrected chi connectivity index (χ2v) is 5.94. The summed E-state index contributed by atoms with van der Waals surface area (Å²) in [5.41, 5.74) is 3.32. The maximum absolute atomic E-state index is 12.5. The van der Waals surface area contributed by atoms with Gasteiger partial charge in [-0.05, 0) is 37.3 Å². The lowest BCUT2D eigenvalue weighted by Crippen LogP contribution is -2.12. The van der Waals surface area contributed by atoms with Gasteiger partial charge in [-0.15, -0.1) is 0 Å². The fourth-order valence-electron chi connectivity index (χ4n) is 2.81. The van der Waals surface area contributed by atoms with Crippen LogP contribution in [0.15, 0.2) is 42.5 Å². The normalized spacial score (nSPS) is 13.5. The average molecular weight is 322 g/mol. The third kappa shape index (κ3) is 2.80. The molecule has 2 heterocycles. The summed E-state index contributed by atoms with van der Waals surface area (Å²) >= 11 is 0. The Bertz CT molecular complexity index is 914. The van der Waals surface area contributed by atoms with Crippen LogP contribution < -0.4 is 14.8 Å². The van der Waals surface area contributed by atoms with E-state index in [-0.39, 0.29) is 5.91 Å². The zero-order chi connectivity index (χ0) is 16.5. The molecule has 0 radical (unpaired) electrons. The highest BCUT2D eigenvalue weighted by Gasteiger charge is 2.14. The summed E-state index contributed by atoms with van der Waals surface area (Å²) in [6, 6.07) is 13.4. The van der Waals surface area contributed by atoms with Gasteiger partial charge in [0.1, 0.15) is 5.69 Å². The lowest BCUT2D eigenvalue weighted by molar-refractivity contribution is 0.102. The summed E-state index contributed by atoms with van der Waals surface area (Å²) in [5.74, 6) is 1.20. The molecule has 1 aliphatic rings. The number of carbonyl (C=O) groups excluding carboxylic acids is 1. The van der Waals surface area contributed by atoms with E-state index in [0.717, 1.165) is 22.9 Å². The summed E-state index contributed by atoms with van der Waals surface area (Å²) in [7, 11) is 0. The second kappa shape index (κ2) is 5.92. The Labute approximate surface area is 139 Å². The number of hydrogen-bond acceptors (Lipinski definition) is 3. The van der Waals surface area contributed by atoms with Gasteiger partial charge in [0.2, 0.25) is 0 Å². The molecule has 0 atom stereocenters. The molecule has 0 saturated heterocycles. The van der Waals surface area contributed by atoms with Gasteiger partial charge < -0.3 is 19.8 Å². The Hall–Kier alpha value is -2.95. The van der Waals surface area contributed by atoms with Crippen molar-refractivity contribution >= 4 is 22.5 Å². The van der Waals surface area contributed by atoms with Crippen LogP contribution in [0.4, 0.5) is 5.69 Å². The average Bonchev–Trinajstić information content (AvgIpc) is 2.85. The maximum Gasteiger partial charge on any atom is 0.272 e. The predicted octanol–water partition coefficient (Wildman–Crippen LogP) is 3.89. The van der Waals surface area contributed by atoms with E-state index in [0.29, 0.717) is 36.1 Å². The number of anilines is 1. The van der Waals surface area contributed by atoms with E-state index in [2.05, 4.69) is 16.4 Å². The van der Waals surface area contributed by atoms with Crippen LogP contribution in [0, 0.1) is 6.92 Å². The number of H-pyrrole nitrogens is 1. The predicted molar refractivity (Wildman–Crippen MR) is 93.0 cm³/mol. The summed E-state index contributed by atoms with van der Waals surface area (Å²) < 4.78 is 11.3. The molecular weight excluding hydrogens is 304 g/mol. The zero-order valence-corrected chi connectivity index (χ0v) is 13.4. The van der Waals surface area contributed by atoms with Crippen molar-refractivity contribution in [2.75, 3.05) is 18.5 Å². The molecule has 1 aromatic heterocycles. The molecule has 2 aromatic carbocycles. The van der Waals surface area contributed by atoms with Gasteiger partial charge in [-0.1, -0.05) is 11.6 Å². The quantitative estimate of drug-likeness (QED) is 0.752. The molecule has 2 N–H and O–H groups in total. The maximum atomic E-state index is 12.5. The van der Waals surface area contributed by atoms with Crippen molar-refractivity contribution in [2.24, 2.45) is 0 Å². The Balaban J connectivity index is 1.57. The molecule has 1 amide bonds. The van der Waals surface area contributed by atoms with Crippen LogP contribution in [0.1, 0.15) is 22.5 Å². The lowest BCUT2D eigenvalue weighted by atomic mass is 10.2. The molecule has 0 bridgehead atoms. The SMILES string of the molecule is Cc1ccc2[nH]c(C(=O)Nc3ccc4c(c3)OCCCO4)cc2c1. The van der Waals surface area contributed by atoms with Crippen molar-refractivity contribution in [3.63, 3.8) is 0 Å². The fraction of sp³-hybridized carbons (Fsp3) is 0.211. The van der Waals surface area contributed by atoms with Crippen molar-refractivity contribution in [3.8, 4) is 11.5 Å². The molecule has 0 fully saturated rings. The van der Waals surface area contributed by atoms with Crippen LogP contribution in [0.2, 0.25) is 0 Å². The first-order valence-electron chi connectivity index (χ1n) is 7.99. The number of nitrogens with one attached hydrogen (secondary N) is 2. The Morgan fingerprint density at radius 3 is 2.75 bits per heavy atom. The first-order valence-corrected chi connectivity index (χ1v) is 7.99. The summed E-state index contributed by atoms with van der Waals surface area (Å²) in [6.07, 6.45) is 0.852. The van der Waals surface area contributed by atoms with Crippen molar-refractivity contribution < 1.29 is 14.3 Å². The van der Waals surface area contributed by atoms with E-state index in [1.807, 2.05) is 37.3 Å². The molecule has 0 saturated carbocycles. The highest BCUT2D eigenvalue weighted by Crippen LogP contribution is 2.32. The molecule has 0 unspecified atom stereocenters. The van der Waals surface area contributed by atoms with Crippen LogP contribution in [0.3, 0.4) is 0 Å². The van der Waals surface area contributed by atoms with Crippen LogP contribution >= 0.6 is 0 Å². The lowest BCUT2D eigenvalue weighted by Gasteiger charge is -2.10. The molecule has 5 nitrogen and oxygen atoms in total. The second-order valence-electron chi connectivity index (χ2n) is 5.94. The van der Waals surface area contributed by atoms with E-state index >= 15 is 0 Å². The van der Waals surface area contributed by atoms with Crippen molar-refractivity contribution in [2.45, 2.75) is 13.3 Å². The summed E-state index contributed by atoms with van der Waals surface area (Å²) in [5, 5.41) is 3.93. The van der Waals surface area contributed by atoms with Gasteiger partial charge in [0.05, 0.1) is 13.2 Å². The molecule has 0 spiro atoms. The van der Waals surface area contributed by atoms with Gasteiger partial charge in [-0.2, -0.15) is 0 Å². The van der Waals surface area contributed by atoms with Crippen LogP contribution in [0.25, 0.3) is 10.9 Å². The minimum absolute atomic E-state index is 0.182. The molecule has 5 heteroatoms. The standard InChI is InChI=1S/C19H18N2O3/c1-12-3-5-15-13(9-12)10-16(21-15)19(22)20-14-4-6-17-18(11-14)24-8-2-7-23-17/h3-6,9-11,21H,2,7-8H2,1H3,(H,20,22). The molecule has 24 heavy (non-hydrogen) atoms. The van der Waals surface area contributed by atoms with Crippen LogP contribution in [0.5, 0.6) is 11.5 Å². The van der Waals surface area contributed by atoms with Crippen molar-refractivity contribution in [1.29, 1.82) is 0 Å². The van der Waals surface area contributed by atoms with Gasteiger partial charge in [0, 0.05) is 29.1 Å². The highest BCUT2D eigenvalue weighted by molar-refractivity contribution is 6.06. The van der Waals surface area contributed by atoms with E-state index < -0.39 is 0 Å². The smallest absolute Gasteiger partial charge is 0.272 e. The van der Waals surface area contributed by atoms with E-state index in [1.54, 1.807) is 6.07 Å². The fourth-order valence-corrected chi connectivity index (χ4v) is 2.81. The number of benzene rings is 2. The minimum Gasteiger partial charge on any atom is -0.490 e. The highest BCUT2D eigenvalue weighted by atomic mass is 16.5. The van der Waals surface area contributed by atoms with Gasteiger partial charge >= 0.3 is 0 Å². The Morgan fingerprint density at radius 1 is 1.04 bits per heavy atom. The first-order chi connectivity index (χ1) is 11.7. The molecule has 122 valence electrons. The van der Waals surface area contributed by atoms with Crippen molar-refractivity contribution in [1.82, 2.24) is 4.98 Å². The molecule has 0 aliphatic carbocycles. The molecular formula is C19H18N2O3. The number of rotatable bonds is 2. The number of amides is 1. The number of aromatic amines is 1. The number of hydrogen-bond donors (Lipinski definition) is 2. The van der Waals surface area contributed by atoms with Crippen LogP contribution in [-0.4, -0.2) is 24.1 Å². The Morgan fingerprint density at radius 2 is 1.88 bits per heavy atom. The minimum atomic E-state index is -0.182. The van der Waals surface area contributed by atoms with Gasteiger partial charge in [-0.25, -0.2) is 0 Å². The topological polar surface area (TPSA) is 63.4 Å². The third-order valence-electron chi connectivity index (χ3n) is 4.03. The monoisotopic (exact) mass is 322 g/mol. The Kier molecular flexibility index (Phi) is 3.61. The molecule has 4 rings (SSSR count). The van der Waals surface area contributed by atoms with Gasteiger partial charge in [-0.3, -0.25) is 4.79 Å². The molecule has 1 aliphatic heterocycles. The number of aromatic nitrogens is 1. The van der Waals surface area contributed by atoms with E-state index in [4.69, 9.17) is 9.47 Å². The number of carbonyl (C=O) groups is 1. The number of ether oxygens (including phenoxy) is 2. The largest absolute Gasteiger partial charge is 0.490 e. The molecule has 3 aromatic rings. The zero-order valence-electron chi connectivity index (χ0n) is 13.4. The first kappa shape index (κ1) is 14.6. The third-order valence-corrected chi connectivity index (χ3v) is 4.03. The van der Waals surface area contributed by atoms with Crippen molar-refractivity contribution in [3.05, 3.63) is 53.7 Å². The van der Waals surface area contributed by atoms with Gasteiger partial charge in [0.25, 0.3) is 5.91 Å². The summed E-state index contributed by atoms with van der Waals surface area (Å²) in [6.45, 7) is 3.29. The number of aryl methyl sites for hydroxylation is 1. The summed E-state index contributed by atoms with van der Waals surface area (Å²) in [4.78, 5) is 15.6. The van der Waals surface area contributed by atoms with E-state index in [9.17, 15) is 4.79 Å². The van der Waals surface area contributed by atoms with E-state index in [1.165, 1.54) is 0 Å². The number of fused-ring (bicyclic) bond motifs is 2.